The van der Waals surface area contributed by atoms with Crippen LogP contribution in [-0.4, -0.2) is 35.9 Å². The molecular weight excluding hydrogens is 328 g/mol. The molecular formula is C18H23ClN2O3. The Kier molecular flexibility index (Phi) is 5.29. The largest absolute Gasteiger partial charge is 0.483 e. The molecule has 1 heterocycles. The lowest BCUT2D eigenvalue weighted by atomic mass is 9.78. The number of amides is 2. The Morgan fingerprint density at radius 2 is 1.96 bits per heavy atom. The first-order valence-corrected chi connectivity index (χ1v) is 8.95. The first kappa shape index (κ1) is 17.1. The van der Waals surface area contributed by atoms with E-state index in [0.29, 0.717) is 22.7 Å². The molecule has 2 atom stereocenters. The van der Waals surface area contributed by atoms with Gasteiger partial charge in [0.05, 0.1) is 5.56 Å². The average Bonchev–Trinajstić information content (AvgIpc) is 2.59. The van der Waals surface area contributed by atoms with Crippen molar-refractivity contribution in [3.63, 3.8) is 0 Å². The van der Waals surface area contributed by atoms with E-state index in [2.05, 4.69) is 0 Å². The highest BCUT2D eigenvalue weighted by atomic mass is 35.5. The summed E-state index contributed by atoms with van der Waals surface area (Å²) in [7, 11) is 0. The van der Waals surface area contributed by atoms with Gasteiger partial charge in [0.1, 0.15) is 5.75 Å². The smallest absolute Gasteiger partial charge is 0.260 e. The van der Waals surface area contributed by atoms with E-state index >= 15 is 0 Å². The first-order valence-electron chi connectivity index (χ1n) is 8.58. The van der Waals surface area contributed by atoms with Crippen LogP contribution in [0.3, 0.4) is 0 Å². The van der Waals surface area contributed by atoms with E-state index in [1.807, 2.05) is 4.90 Å². The second-order valence-corrected chi connectivity index (χ2v) is 7.07. The lowest BCUT2D eigenvalue weighted by Gasteiger charge is -2.44. The fraction of sp³-hybridized carbons (Fsp3) is 0.556. The zero-order valence-corrected chi connectivity index (χ0v) is 14.4. The van der Waals surface area contributed by atoms with Crippen molar-refractivity contribution < 1.29 is 14.3 Å². The van der Waals surface area contributed by atoms with Gasteiger partial charge in [-0.2, -0.15) is 0 Å². The number of carbonyl (C=O) groups excluding carboxylic acids is 2. The predicted molar refractivity (Wildman–Crippen MR) is 92.2 cm³/mol. The van der Waals surface area contributed by atoms with Crippen molar-refractivity contribution in [3.8, 4) is 5.75 Å². The number of carbonyl (C=O) groups is 2. The maximum absolute atomic E-state index is 12.6. The minimum absolute atomic E-state index is 0.0167. The molecule has 2 amide bonds. The third-order valence-electron chi connectivity index (χ3n) is 5.12. The molecule has 2 N–H and O–H groups in total. The Morgan fingerprint density at radius 3 is 2.75 bits per heavy atom. The number of halogens is 1. The summed E-state index contributed by atoms with van der Waals surface area (Å²) in [5.41, 5.74) is 5.55. The van der Waals surface area contributed by atoms with E-state index in [1.54, 1.807) is 12.1 Å². The van der Waals surface area contributed by atoms with Crippen LogP contribution in [-0.2, 0) is 4.79 Å². The van der Waals surface area contributed by atoms with Crippen molar-refractivity contribution in [3.05, 3.63) is 28.8 Å². The molecule has 0 aromatic heterocycles. The standard InChI is InChI=1S/C18H23ClN2O3/c19-13-7-8-16(14(10-13)18(20)23)24-11-17(22)21-9-3-5-12-4-1-2-6-15(12)21/h7-8,10,12,15H,1-6,9,11H2,(H2,20,23)/t12-,15-/m1/s1. The van der Waals surface area contributed by atoms with Gasteiger partial charge in [0.2, 0.25) is 0 Å². The van der Waals surface area contributed by atoms with E-state index < -0.39 is 5.91 Å². The summed E-state index contributed by atoms with van der Waals surface area (Å²) in [5, 5.41) is 0.406. The van der Waals surface area contributed by atoms with Gasteiger partial charge in [-0.1, -0.05) is 24.4 Å². The molecule has 2 aliphatic rings. The number of benzene rings is 1. The van der Waals surface area contributed by atoms with Gasteiger partial charge in [-0.15, -0.1) is 0 Å². The number of ether oxygens (including phenoxy) is 1. The van der Waals surface area contributed by atoms with Crippen molar-refractivity contribution in [1.29, 1.82) is 0 Å². The van der Waals surface area contributed by atoms with Gasteiger partial charge in [-0.05, 0) is 49.8 Å². The highest BCUT2D eigenvalue weighted by Gasteiger charge is 2.35. The molecule has 1 aromatic carbocycles. The molecule has 2 fully saturated rings. The third-order valence-corrected chi connectivity index (χ3v) is 5.36. The van der Waals surface area contributed by atoms with Crippen molar-refractivity contribution in [2.45, 2.75) is 44.6 Å². The van der Waals surface area contributed by atoms with Crippen LogP contribution < -0.4 is 10.5 Å². The number of fused-ring (bicyclic) bond motifs is 1. The lowest BCUT2D eigenvalue weighted by Crippen LogP contribution is -2.51. The SMILES string of the molecule is NC(=O)c1cc(Cl)ccc1OCC(=O)N1CCC[C@H]2CCCC[C@H]21. The molecule has 130 valence electrons. The summed E-state index contributed by atoms with van der Waals surface area (Å²) in [4.78, 5) is 26.1. The zero-order valence-electron chi connectivity index (χ0n) is 13.7. The number of likely N-dealkylation sites (tertiary alicyclic amines) is 1. The molecule has 3 rings (SSSR count). The fourth-order valence-corrected chi connectivity index (χ4v) is 4.15. The Labute approximate surface area is 147 Å². The maximum Gasteiger partial charge on any atom is 0.260 e. The molecule has 5 nitrogen and oxygen atoms in total. The van der Waals surface area contributed by atoms with E-state index in [-0.39, 0.29) is 18.1 Å². The van der Waals surface area contributed by atoms with Gasteiger partial charge < -0.3 is 15.4 Å². The normalized spacial score (nSPS) is 23.5. The van der Waals surface area contributed by atoms with E-state index in [9.17, 15) is 9.59 Å². The van der Waals surface area contributed by atoms with Crippen LogP contribution in [0, 0.1) is 5.92 Å². The van der Waals surface area contributed by atoms with Gasteiger partial charge in [0.15, 0.2) is 6.61 Å². The summed E-state index contributed by atoms with van der Waals surface area (Å²) in [6.07, 6.45) is 7.04. The average molecular weight is 351 g/mol. The molecule has 1 aliphatic carbocycles. The Morgan fingerprint density at radius 1 is 1.21 bits per heavy atom. The molecule has 0 bridgehead atoms. The van der Waals surface area contributed by atoms with Gasteiger partial charge in [0, 0.05) is 17.6 Å². The second-order valence-electron chi connectivity index (χ2n) is 6.63. The topological polar surface area (TPSA) is 72.6 Å². The van der Waals surface area contributed by atoms with Crippen LogP contribution in [0.25, 0.3) is 0 Å². The molecule has 24 heavy (non-hydrogen) atoms. The Bertz CT molecular complexity index is 633. The third kappa shape index (κ3) is 3.66. The fourth-order valence-electron chi connectivity index (χ4n) is 3.98. The summed E-state index contributed by atoms with van der Waals surface area (Å²) in [6, 6.07) is 5.01. The van der Waals surface area contributed by atoms with Crippen LogP contribution in [0.15, 0.2) is 18.2 Å². The highest BCUT2D eigenvalue weighted by molar-refractivity contribution is 6.31. The van der Waals surface area contributed by atoms with Crippen LogP contribution in [0.4, 0.5) is 0 Å². The summed E-state index contributed by atoms with van der Waals surface area (Å²) < 4.78 is 5.60. The molecule has 1 saturated carbocycles. The van der Waals surface area contributed by atoms with E-state index in [1.165, 1.54) is 31.7 Å². The molecule has 1 aromatic rings. The minimum Gasteiger partial charge on any atom is -0.483 e. The minimum atomic E-state index is -0.620. The van der Waals surface area contributed by atoms with Gasteiger partial charge in [-0.25, -0.2) is 0 Å². The predicted octanol–water partition coefficient (Wildman–Crippen LogP) is 3.00. The number of rotatable bonds is 4. The molecule has 1 saturated heterocycles. The van der Waals surface area contributed by atoms with Crippen LogP contribution in [0.5, 0.6) is 5.75 Å². The molecule has 0 spiro atoms. The van der Waals surface area contributed by atoms with Gasteiger partial charge in [-0.3, -0.25) is 9.59 Å². The van der Waals surface area contributed by atoms with Crippen molar-refractivity contribution >= 4 is 23.4 Å². The van der Waals surface area contributed by atoms with Gasteiger partial charge >= 0.3 is 0 Å². The van der Waals surface area contributed by atoms with Crippen molar-refractivity contribution in [2.75, 3.05) is 13.2 Å². The summed E-state index contributed by atoms with van der Waals surface area (Å²) in [5.74, 6) is 0.299. The van der Waals surface area contributed by atoms with Crippen molar-refractivity contribution in [2.24, 2.45) is 11.7 Å². The summed E-state index contributed by atoms with van der Waals surface area (Å²) >= 11 is 5.88. The monoisotopic (exact) mass is 350 g/mol. The number of primary amides is 1. The van der Waals surface area contributed by atoms with Crippen LogP contribution >= 0.6 is 11.6 Å². The number of piperidine rings is 1. The van der Waals surface area contributed by atoms with E-state index in [0.717, 1.165) is 19.4 Å². The lowest BCUT2D eigenvalue weighted by molar-refractivity contribution is -0.139. The van der Waals surface area contributed by atoms with E-state index in [4.69, 9.17) is 22.1 Å². The highest BCUT2D eigenvalue weighted by Crippen LogP contribution is 2.35. The molecule has 0 unspecified atom stereocenters. The second kappa shape index (κ2) is 7.43. The number of nitrogens with two attached hydrogens (primary N) is 1. The Hall–Kier alpha value is -1.75. The van der Waals surface area contributed by atoms with Crippen molar-refractivity contribution in [1.82, 2.24) is 4.90 Å². The first-order chi connectivity index (χ1) is 11.6. The zero-order chi connectivity index (χ0) is 17.1. The maximum atomic E-state index is 12.6. The number of nitrogens with zero attached hydrogens (tertiary/aromatic N) is 1. The van der Waals surface area contributed by atoms with Crippen LogP contribution in [0.2, 0.25) is 5.02 Å². The number of hydrogen-bond acceptors (Lipinski definition) is 3. The molecule has 1 aliphatic heterocycles. The quantitative estimate of drug-likeness (QED) is 0.907. The van der Waals surface area contributed by atoms with Crippen LogP contribution in [0.1, 0.15) is 48.9 Å². The molecule has 0 radical (unpaired) electrons. The number of hydrogen-bond donors (Lipinski definition) is 1. The Balaban J connectivity index is 1.66. The molecule has 6 heteroatoms. The van der Waals surface area contributed by atoms with Gasteiger partial charge in [0.25, 0.3) is 11.8 Å². The summed E-state index contributed by atoms with van der Waals surface area (Å²) in [6.45, 7) is 0.720.